The summed E-state index contributed by atoms with van der Waals surface area (Å²) in [5, 5.41) is 6.09. The number of hydrogen-bond donors (Lipinski definition) is 2. The first-order chi connectivity index (χ1) is 11.8. The van der Waals surface area contributed by atoms with E-state index in [-0.39, 0.29) is 5.91 Å². The van der Waals surface area contributed by atoms with Gasteiger partial charge in [0.05, 0.1) is 26.1 Å². The van der Waals surface area contributed by atoms with Gasteiger partial charge in [0.1, 0.15) is 5.82 Å². The van der Waals surface area contributed by atoms with E-state index in [1.807, 2.05) is 45.0 Å². The van der Waals surface area contributed by atoms with Crippen LogP contribution in [0.3, 0.4) is 0 Å². The lowest BCUT2D eigenvalue weighted by Crippen LogP contribution is -2.27. The molecule has 1 aromatic heterocycles. The van der Waals surface area contributed by atoms with Gasteiger partial charge in [0.15, 0.2) is 11.5 Å². The maximum Gasteiger partial charge on any atom is 0.230 e. The zero-order chi connectivity index (χ0) is 18.4. The molecule has 0 fully saturated rings. The molecule has 0 unspecified atom stereocenters. The molecule has 6 nitrogen and oxygen atoms in total. The molecule has 0 saturated heterocycles. The van der Waals surface area contributed by atoms with Crippen molar-refractivity contribution in [2.24, 2.45) is 5.41 Å². The smallest absolute Gasteiger partial charge is 0.230 e. The third kappa shape index (κ3) is 5.11. The summed E-state index contributed by atoms with van der Waals surface area (Å²) in [6, 6.07) is 9.43. The molecule has 25 heavy (non-hydrogen) atoms. The van der Waals surface area contributed by atoms with Gasteiger partial charge in [-0.2, -0.15) is 0 Å². The zero-order valence-corrected chi connectivity index (χ0v) is 15.3. The number of aromatic nitrogens is 1. The first-order valence-corrected chi connectivity index (χ1v) is 8.06. The average Bonchev–Trinajstić information content (AvgIpc) is 2.60. The Morgan fingerprint density at radius 3 is 2.36 bits per heavy atom. The number of methoxy groups -OCH3 is 2. The predicted octanol–water partition coefficient (Wildman–Crippen LogP) is 3.70. The van der Waals surface area contributed by atoms with Crippen LogP contribution in [-0.4, -0.2) is 25.1 Å². The standard InChI is InChI=1S/C19H25N3O3/c1-19(2,3)18(23)22-17-9-7-14(12-21-17)20-11-13-6-8-15(24-4)16(10-13)25-5/h6-10,12,20H,11H2,1-5H3,(H,21,22,23). The van der Waals surface area contributed by atoms with Crippen molar-refractivity contribution in [1.29, 1.82) is 0 Å². The number of anilines is 2. The second-order valence-electron chi connectivity index (χ2n) is 6.68. The first kappa shape index (κ1) is 18.6. The molecule has 2 N–H and O–H groups in total. The minimum atomic E-state index is -0.452. The van der Waals surface area contributed by atoms with E-state index in [2.05, 4.69) is 15.6 Å². The fraction of sp³-hybridized carbons (Fsp3) is 0.368. The van der Waals surface area contributed by atoms with Crippen molar-refractivity contribution in [3.8, 4) is 11.5 Å². The number of benzene rings is 1. The number of carbonyl (C=O) groups is 1. The highest BCUT2D eigenvalue weighted by Crippen LogP contribution is 2.27. The number of ether oxygens (including phenoxy) is 2. The lowest BCUT2D eigenvalue weighted by Gasteiger charge is -2.17. The highest BCUT2D eigenvalue weighted by molar-refractivity contribution is 5.93. The molecule has 0 saturated carbocycles. The third-order valence-electron chi connectivity index (χ3n) is 3.63. The van der Waals surface area contributed by atoms with Gasteiger partial charge in [-0.15, -0.1) is 0 Å². The molecule has 0 aliphatic rings. The molecule has 0 radical (unpaired) electrons. The highest BCUT2D eigenvalue weighted by Gasteiger charge is 2.21. The minimum absolute atomic E-state index is 0.0639. The second kappa shape index (κ2) is 7.88. The number of carbonyl (C=O) groups excluding carboxylic acids is 1. The zero-order valence-electron chi connectivity index (χ0n) is 15.3. The maximum absolute atomic E-state index is 12.0. The predicted molar refractivity (Wildman–Crippen MR) is 99.2 cm³/mol. The van der Waals surface area contributed by atoms with E-state index in [1.165, 1.54) is 0 Å². The molecule has 0 aliphatic heterocycles. The summed E-state index contributed by atoms with van der Waals surface area (Å²) in [6.07, 6.45) is 1.69. The van der Waals surface area contributed by atoms with E-state index in [9.17, 15) is 4.79 Å². The number of pyridine rings is 1. The van der Waals surface area contributed by atoms with Crippen molar-refractivity contribution in [3.63, 3.8) is 0 Å². The molecule has 1 aromatic carbocycles. The van der Waals surface area contributed by atoms with Crippen LogP contribution in [-0.2, 0) is 11.3 Å². The van der Waals surface area contributed by atoms with Crippen molar-refractivity contribution in [1.82, 2.24) is 4.98 Å². The Labute approximate surface area is 148 Å². The van der Waals surface area contributed by atoms with Gasteiger partial charge in [0.2, 0.25) is 5.91 Å². The Bertz CT molecular complexity index is 722. The third-order valence-corrected chi connectivity index (χ3v) is 3.63. The van der Waals surface area contributed by atoms with Gasteiger partial charge in [-0.05, 0) is 29.8 Å². The van der Waals surface area contributed by atoms with Crippen LogP contribution in [0, 0.1) is 5.41 Å². The van der Waals surface area contributed by atoms with Crippen LogP contribution in [0.15, 0.2) is 36.5 Å². The van der Waals surface area contributed by atoms with Crippen LogP contribution in [0.25, 0.3) is 0 Å². The fourth-order valence-corrected chi connectivity index (χ4v) is 2.07. The van der Waals surface area contributed by atoms with Gasteiger partial charge >= 0.3 is 0 Å². The van der Waals surface area contributed by atoms with Gasteiger partial charge in [0.25, 0.3) is 0 Å². The quantitative estimate of drug-likeness (QED) is 0.837. The van der Waals surface area contributed by atoms with Crippen LogP contribution in [0.2, 0.25) is 0 Å². The molecule has 134 valence electrons. The van der Waals surface area contributed by atoms with E-state index >= 15 is 0 Å². The molecular formula is C19H25N3O3. The Hall–Kier alpha value is -2.76. The number of amides is 1. The first-order valence-electron chi connectivity index (χ1n) is 8.06. The SMILES string of the molecule is COc1ccc(CNc2ccc(NC(=O)C(C)(C)C)nc2)cc1OC. The lowest BCUT2D eigenvalue weighted by atomic mass is 9.96. The van der Waals surface area contributed by atoms with Gasteiger partial charge < -0.3 is 20.1 Å². The minimum Gasteiger partial charge on any atom is -0.493 e. The van der Waals surface area contributed by atoms with Crippen molar-refractivity contribution in [2.45, 2.75) is 27.3 Å². The number of rotatable bonds is 6. The molecule has 1 heterocycles. The van der Waals surface area contributed by atoms with E-state index in [1.54, 1.807) is 26.5 Å². The molecule has 2 aromatic rings. The average molecular weight is 343 g/mol. The summed E-state index contributed by atoms with van der Waals surface area (Å²) >= 11 is 0. The molecule has 0 spiro atoms. The van der Waals surface area contributed by atoms with Gasteiger partial charge in [-0.25, -0.2) is 4.98 Å². The van der Waals surface area contributed by atoms with E-state index in [4.69, 9.17) is 9.47 Å². The van der Waals surface area contributed by atoms with Crippen molar-refractivity contribution >= 4 is 17.4 Å². The van der Waals surface area contributed by atoms with Crippen molar-refractivity contribution in [2.75, 3.05) is 24.9 Å². The Morgan fingerprint density at radius 1 is 1.08 bits per heavy atom. The van der Waals surface area contributed by atoms with E-state index in [0.717, 1.165) is 11.3 Å². The van der Waals surface area contributed by atoms with Crippen LogP contribution in [0.5, 0.6) is 11.5 Å². The summed E-state index contributed by atoms with van der Waals surface area (Å²) in [6.45, 7) is 6.21. The molecule has 6 heteroatoms. The molecular weight excluding hydrogens is 318 g/mol. The number of nitrogens with one attached hydrogen (secondary N) is 2. The van der Waals surface area contributed by atoms with E-state index in [0.29, 0.717) is 23.9 Å². The molecule has 2 rings (SSSR count). The number of nitrogens with zero attached hydrogens (tertiary/aromatic N) is 1. The lowest BCUT2D eigenvalue weighted by molar-refractivity contribution is -0.123. The van der Waals surface area contributed by atoms with Crippen LogP contribution < -0.4 is 20.1 Å². The fourth-order valence-electron chi connectivity index (χ4n) is 2.07. The van der Waals surface area contributed by atoms with Crippen LogP contribution in [0.1, 0.15) is 26.3 Å². The van der Waals surface area contributed by atoms with E-state index < -0.39 is 5.41 Å². The summed E-state index contributed by atoms with van der Waals surface area (Å²) in [5.41, 5.74) is 1.47. The molecule has 0 atom stereocenters. The number of hydrogen-bond acceptors (Lipinski definition) is 5. The summed E-state index contributed by atoms with van der Waals surface area (Å²) < 4.78 is 10.5. The Kier molecular flexibility index (Phi) is 5.85. The van der Waals surface area contributed by atoms with Gasteiger partial charge in [0, 0.05) is 12.0 Å². The maximum atomic E-state index is 12.0. The van der Waals surface area contributed by atoms with Gasteiger partial charge in [-0.3, -0.25) is 4.79 Å². The summed E-state index contributed by atoms with van der Waals surface area (Å²) in [7, 11) is 3.23. The highest BCUT2D eigenvalue weighted by atomic mass is 16.5. The van der Waals surface area contributed by atoms with Gasteiger partial charge in [-0.1, -0.05) is 26.8 Å². The Morgan fingerprint density at radius 2 is 1.80 bits per heavy atom. The monoisotopic (exact) mass is 343 g/mol. The van der Waals surface area contributed by atoms with Crippen molar-refractivity contribution in [3.05, 3.63) is 42.1 Å². The van der Waals surface area contributed by atoms with Crippen molar-refractivity contribution < 1.29 is 14.3 Å². The summed E-state index contributed by atoms with van der Waals surface area (Å²) in [4.78, 5) is 16.2. The molecule has 0 bridgehead atoms. The molecule has 1 amide bonds. The summed E-state index contributed by atoms with van der Waals surface area (Å²) in [5.74, 6) is 1.87. The normalized spacial score (nSPS) is 10.9. The molecule has 0 aliphatic carbocycles. The van der Waals surface area contributed by atoms with Crippen LogP contribution in [0.4, 0.5) is 11.5 Å². The largest absolute Gasteiger partial charge is 0.493 e. The Balaban J connectivity index is 1.97. The topological polar surface area (TPSA) is 72.5 Å². The second-order valence-corrected chi connectivity index (χ2v) is 6.68. The van der Waals surface area contributed by atoms with Crippen LogP contribution >= 0.6 is 0 Å².